The third kappa shape index (κ3) is 2.46. The Hall–Kier alpha value is -1.58. The van der Waals surface area contributed by atoms with Crippen LogP contribution >= 0.6 is 0 Å². The Morgan fingerprint density at radius 2 is 1.80 bits per heavy atom. The molecule has 0 bridgehead atoms. The first-order chi connectivity index (χ1) is 7.24. The Balaban J connectivity index is 3.22. The van der Waals surface area contributed by atoms with Gasteiger partial charge in [-0.15, -0.1) is 0 Å². The molecule has 0 saturated carbocycles. The fourth-order valence-corrected chi connectivity index (χ4v) is 1.22. The summed E-state index contributed by atoms with van der Waals surface area (Å²) in [5.74, 6) is -0.343. The molecule has 0 N–H and O–H groups in total. The van der Waals surface area contributed by atoms with Crippen molar-refractivity contribution >= 4 is 6.29 Å². The summed E-state index contributed by atoms with van der Waals surface area (Å²) in [5, 5.41) is 0. The van der Waals surface area contributed by atoms with Crippen LogP contribution in [0.2, 0.25) is 0 Å². The van der Waals surface area contributed by atoms with Gasteiger partial charge >= 0.3 is 0 Å². The van der Waals surface area contributed by atoms with Gasteiger partial charge in [-0.2, -0.15) is 0 Å². The van der Waals surface area contributed by atoms with Crippen molar-refractivity contribution in [2.75, 3.05) is 13.2 Å². The molecule has 0 heterocycles. The molecular formula is C11H13FO3. The van der Waals surface area contributed by atoms with Crippen LogP contribution in [-0.4, -0.2) is 19.5 Å². The highest BCUT2D eigenvalue weighted by molar-refractivity contribution is 5.81. The van der Waals surface area contributed by atoms with Crippen molar-refractivity contribution in [3.05, 3.63) is 23.5 Å². The lowest BCUT2D eigenvalue weighted by atomic mass is 10.2. The number of aldehydes is 1. The Labute approximate surface area is 87.8 Å². The molecule has 0 aliphatic heterocycles. The minimum atomic E-state index is -0.522. The van der Waals surface area contributed by atoms with Crippen molar-refractivity contribution in [3.63, 3.8) is 0 Å². The molecule has 0 aromatic heterocycles. The number of halogens is 1. The van der Waals surface area contributed by atoms with Gasteiger partial charge in [-0.25, -0.2) is 4.39 Å². The first-order valence-electron chi connectivity index (χ1n) is 4.77. The van der Waals surface area contributed by atoms with E-state index in [9.17, 15) is 9.18 Å². The van der Waals surface area contributed by atoms with E-state index in [1.54, 1.807) is 13.8 Å². The first-order valence-corrected chi connectivity index (χ1v) is 4.77. The van der Waals surface area contributed by atoms with Crippen molar-refractivity contribution in [2.24, 2.45) is 0 Å². The van der Waals surface area contributed by atoms with Gasteiger partial charge in [-0.1, -0.05) is 0 Å². The molecule has 0 fully saturated rings. The van der Waals surface area contributed by atoms with Gasteiger partial charge in [0.2, 0.25) is 0 Å². The maximum absolute atomic E-state index is 13.4. The van der Waals surface area contributed by atoms with Gasteiger partial charge in [0.15, 0.2) is 23.6 Å². The fraction of sp³-hybridized carbons (Fsp3) is 0.364. The van der Waals surface area contributed by atoms with Gasteiger partial charge < -0.3 is 9.47 Å². The second-order valence-electron chi connectivity index (χ2n) is 2.78. The van der Waals surface area contributed by atoms with E-state index in [-0.39, 0.29) is 11.5 Å². The summed E-state index contributed by atoms with van der Waals surface area (Å²) in [6, 6.07) is 2.56. The Morgan fingerprint density at radius 1 is 1.20 bits per heavy atom. The molecule has 82 valence electrons. The van der Waals surface area contributed by atoms with E-state index in [1.165, 1.54) is 12.1 Å². The molecule has 1 aromatic rings. The third-order valence-corrected chi connectivity index (χ3v) is 1.80. The SMILES string of the molecule is CCOc1c(F)ccc(C=O)c1OCC. The van der Waals surface area contributed by atoms with E-state index in [0.29, 0.717) is 25.1 Å². The molecule has 0 aliphatic carbocycles. The van der Waals surface area contributed by atoms with Crippen LogP contribution in [0.4, 0.5) is 4.39 Å². The van der Waals surface area contributed by atoms with Crippen molar-refractivity contribution in [1.29, 1.82) is 0 Å². The van der Waals surface area contributed by atoms with Crippen LogP contribution in [0.15, 0.2) is 12.1 Å². The molecule has 4 heteroatoms. The topological polar surface area (TPSA) is 35.5 Å². The van der Waals surface area contributed by atoms with E-state index in [1.807, 2.05) is 0 Å². The molecule has 0 amide bonds. The quantitative estimate of drug-likeness (QED) is 0.703. The van der Waals surface area contributed by atoms with Crippen LogP contribution < -0.4 is 9.47 Å². The number of carbonyl (C=O) groups is 1. The molecule has 1 aromatic carbocycles. The van der Waals surface area contributed by atoms with Crippen LogP contribution in [0.1, 0.15) is 24.2 Å². The lowest BCUT2D eigenvalue weighted by molar-refractivity contribution is 0.111. The molecule has 0 spiro atoms. The maximum Gasteiger partial charge on any atom is 0.197 e. The van der Waals surface area contributed by atoms with E-state index in [2.05, 4.69) is 0 Å². The van der Waals surface area contributed by atoms with Crippen LogP contribution in [-0.2, 0) is 0 Å². The number of benzene rings is 1. The summed E-state index contributed by atoms with van der Waals surface area (Å²) in [6.07, 6.45) is 0.618. The van der Waals surface area contributed by atoms with Crippen LogP contribution in [0.25, 0.3) is 0 Å². The average Bonchev–Trinajstić information content (AvgIpc) is 2.24. The predicted molar refractivity (Wildman–Crippen MR) is 54.1 cm³/mol. The second kappa shape index (κ2) is 5.34. The second-order valence-corrected chi connectivity index (χ2v) is 2.78. The summed E-state index contributed by atoms with van der Waals surface area (Å²) < 4.78 is 23.7. The molecule has 0 saturated heterocycles. The van der Waals surface area contributed by atoms with E-state index in [4.69, 9.17) is 9.47 Å². The monoisotopic (exact) mass is 212 g/mol. The average molecular weight is 212 g/mol. The minimum absolute atomic E-state index is 0.00366. The predicted octanol–water partition coefficient (Wildman–Crippen LogP) is 2.44. The Bertz CT molecular complexity index is 350. The van der Waals surface area contributed by atoms with Gasteiger partial charge in [-0.3, -0.25) is 4.79 Å². The number of ether oxygens (including phenoxy) is 2. The number of hydrogen-bond donors (Lipinski definition) is 0. The number of carbonyl (C=O) groups excluding carboxylic acids is 1. The van der Waals surface area contributed by atoms with E-state index < -0.39 is 5.82 Å². The summed E-state index contributed by atoms with van der Waals surface area (Å²) in [7, 11) is 0. The fourth-order valence-electron chi connectivity index (χ4n) is 1.22. The third-order valence-electron chi connectivity index (χ3n) is 1.80. The molecule has 1 rings (SSSR count). The molecule has 0 radical (unpaired) electrons. The van der Waals surface area contributed by atoms with Gasteiger partial charge in [-0.05, 0) is 26.0 Å². The minimum Gasteiger partial charge on any atom is -0.489 e. The van der Waals surface area contributed by atoms with Gasteiger partial charge in [0.05, 0.1) is 18.8 Å². The Kier molecular flexibility index (Phi) is 4.09. The lowest BCUT2D eigenvalue weighted by Gasteiger charge is -2.12. The zero-order chi connectivity index (χ0) is 11.3. The molecule has 0 unspecified atom stereocenters. The van der Waals surface area contributed by atoms with Gasteiger partial charge in [0, 0.05) is 0 Å². The summed E-state index contributed by atoms with van der Waals surface area (Å²) >= 11 is 0. The van der Waals surface area contributed by atoms with E-state index in [0.717, 1.165) is 0 Å². The van der Waals surface area contributed by atoms with Crippen LogP contribution in [0.5, 0.6) is 11.5 Å². The van der Waals surface area contributed by atoms with Crippen LogP contribution in [0.3, 0.4) is 0 Å². The van der Waals surface area contributed by atoms with E-state index >= 15 is 0 Å². The molecule has 0 aliphatic rings. The number of rotatable bonds is 5. The zero-order valence-corrected chi connectivity index (χ0v) is 8.75. The largest absolute Gasteiger partial charge is 0.489 e. The normalized spacial score (nSPS) is 9.80. The summed E-state index contributed by atoms with van der Waals surface area (Å²) in [5.41, 5.74) is 0.293. The summed E-state index contributed by atoms with van der Waals surface area (Å²) in [4.78, 5) is 10.7. The summed E-state index contributed by atoms with van der Waals surface area (Å²) in [6.45, 7) is 4.17. The highest BCUT2D eigenvalue weighted by atomic mass is 19.1. The standard InChI is InChI=1S/C11H13FO3/c1-3-14-10-8(7-13)5-6-9(12)11(10)15-4-2/h5-7H,3-4H2,1-2H3. The zero-order valence-electron chi connectivity index (χ0n) is 8.75. The molecule has 3 nitrogen and oxygen atoms in total. The first kappa shape index (κ1) is 11.5. The van der Waals surface area contributed by atoms with Crippen molar-refractivity contribution in [2.45, 2.75) is 13.8 Å². The lowest BCUT2D eigenvalue weighted by Crippen LogP contribution is -2.03. The highest BCUT2D eigenvalue weighted by Crippen LogP contribution is 2.33. The molecule has 0 atom stereocenters. The highest BCUT2D eigenvalue weighted by Gasteiger charge is 2.15. The van der Waals surface area contributed by atoms with Crippen molar-refractivity contribution in [3.8, 4) is 11.5 Å². The molecule has 15 heavy (non-hydrogen) atoms. The van der Waals surface area contributed by atoms with Gasteiger partial charge in [0.1, 0.15) is 0 Å². The van der Waals surface area contributed by atoms with Crippen molar-refractivity contribution in [1.82, 2.24) is 0 Å². The molecular weight excluding hydrogens is 199 g/mol. The van der Waals surface area contributed by atoms with Crippen molar-refractivity contribution < 1.29 is 18.7 Å². The number of hydrogen-bond acceptors (Lipinski definition) is 3. The van der Waals surface area contributed by atoms with Crippen LogP contribution in [0, 0.1) is 5.82 Å². The smallest absolute Gasteiger partial charge is 0.197 e. The van der Waals surface area contributed by atoms with Gasteiger partial charge in [0.25, 0.3) is 0 Å². The Morgan fingerprint density at radius 3 is 2.33 bits per heavy atom. The maximum atomic E-state index is 13.4.